The van der Waals surface area contributed by atoms with Gasteiger partial charge in [-0.05, 0) is 74.3 Å². The Labute approximate surface area is 210 Å². The molecule has 1 aliphatic carbocycles. The van der Waals surface area contributed by atoms with Crippen LogP contribution in [0.25, 0.3) is 0 Å². The van der Waals surface area contributed by atoms with Crippen LogP contribution in [0.5, 0.6) is 0 Å². The highest BCUT2D eigenvalue weighted by Gasteiger charge is 2.35. The van der Waals surface area contributed by atoms with Crippen LogP contribution in [0.4, 0.5) is 0 Å². The average Bonchev–Trinajstić information content (AvgIpc) is 2.88. The maximum absolute atomic E-state index is 13.3. The molecular weight excluding hydrogens is 458 g/mol. The van der Waals surface area contributed by atoms with Crippen LogP contribution in [0, 0.1) is 12.8 Å². The number of aryl methyl sites for hydroxylation is 3. The van der Waals surface area contributed by atoms with E-state index in [0.717, 1.165) is 52.0 Å². The molecule has 2 saturated heterocycles. The Morgan fingerprint density at radius 3 is 2.31 bits per heavy atom. The van der Waals surface area contributed by atoms with Crippen molar-refractivity contribution in [3.8, 4) is 0 Å². The lowest BCUT2D eigenvalue weighted by atomic mass is 9.92. The summed E-state index contributed by atoms with van der Waals surface area (Å²) in [6, 6.07) is 14.3. The van der Waals surface area contributed by atoms with E-state index in [1.807, 2.05) is 17.0 Å². The summed E-state index contributed by atoms with van der Waals surface area (Å²) in [5, 5.41) is 0. The number of piperazine rings is 1. The third kappa shape index (κ3) is 5.47. The van der Waals surface area contributed by atoms with E-state index >= 15 is 0 Å². The van der Waals surface area contributed by atoms with Gasteiger partial charge in [-0.2, -0.15) is 4.31 Å². The first-order valence-electron chi connectivity index (χ1n) is 13.1. The van der Waals surface area contributed by atoms with E-state index in [-0.39, 0.29) is 11.8 Å². The van der Waals surface area contributed by atoms with E-state index in [9.17, 15) is 13.2 Å². The normalized spacial score (nSPS) is 20.5. The predicted octanol–water partition coefficient (Wildman–Crippen LogP) is 3.62. The van der Waals surface area contributed by atoms with Crippen LogP contribution in [0.1, 0.15) is 47.9 Å². The molecule has 0 aromatic heterocycles. The molecule has 0 unspecified atom stereocenters. The Morgan fingerprint density at radius 1 is 0.886 bits per heavy atom. The van der Waals surface area contributed by atoms with E-state index in [1.165, 1.54) is 28.7 Å². The highest BCUT2D eigenvalue weighted by molar-refractivity contribution is 7.89. The summed E-state index contributed by atoms with van der Waals surface area (Å²) >= 11 is 0. The van der Waals surface area contributed by atoms with Gasteiger partial charge < -0.3 is 4.90 Å². The lowest BCUT2D eigenvalue weighted by molar-refractivity contribution is -0.138. The zero-order valence-corrected chi connectivity index (χ0v) is 21.6. The molecule has 2 aromatic carbocycles. The van der Waals surface area contributed by atoms with Crippen molar-refractivity contribution in [3.05, 3.63) is 64.7 Å². The van der Waals surface area contributed by atoms with Crippen molar-refractivity contribution in [3.63, 3.8) is 0 Å². The first-order valence-corrected chi connectivity index (χ1v) is 14.5. The summed E-state index contributed by atoms with van der Waals surface area (Å²) in [7, 11) is -3.51. The molecule has 7 heteroatoms. The molecule has 2 aliphatic heterocycles. The minimum atomic E-state index is -3.51. The van der Waals surface area contributed by atoms with Crippen molar-refractivity contribution < 1.29 is 13.2 Å². The molecule has 0 radical (unpaired) electrons. The minimum Gasteiger partial charge on any atom is -0.340 e. The molecule has 0 saturated carbocycles. The SMILES string of the molecule is Cc1cccc(CN2CCN(C(=O)C3CCN(S(=O)(=O)c4ccc5c(c4)CCCC5)CC3)CC2)c1. The number of carbonyl (C=O) groups excluding carboxylic acids is 1. The number of fused-ring (bicyclic) bond motifs is 1. The molecule has 6 nitrogen and oxygen atoms in total. The number of nitrogens with zero attached hydrogens (tertiary/aromatic N) is 3. The number of amides is 1. The van der Waals surface area contributed by atoms with Crippen LogP contribution in [0.3, 0.4) is 0 Å². The number of hydrogen-bond acceptors (Lipinski definition) is 4. The number of benzene rings is 2. The monoisotopic (exact) mass is 495 g/mol. The Kier molecular flexibility index (Phi) is 7.28. The van der Waals surface area contributed by atoms with Gasteiger partial charge in [0.15, 0.2) is 0 Å². The Bertz CT molecular complexity index is 1160. The first-order chi connectivity index (χ1) is 16.9. The number of sulfonamides is 1. The number of piperidine rings is 1. The van der Waals surface area contributed by atoms with Crippen molar-refractivity contribution in [2.45, 2.75) is 56.9 Å². The van der Waals surface area contributed by atoms with Gasteiger partial charge in [-0.3, -0.25) is 9.69 Å². The van der Waals surface area contributed by atoms with E-state index in [0.29, 0.717) is 30.8 Å². The quantitative estimate of drug-likeness (QED) is 0.636. The summed E-state index contributed by atoms with van der Waals surface area (Å²) in [6.07, 6.45) is 5.53. The Balaban J connectivity index is 1.13. The zero-order valence-electron chi connectivity index (χ0n) is 20.8. The second kappa shape index (κ2) is 10.4. The predicted molar refractivity (Wildman–Crippen MR) is 138 cm³/mol. The molecule has 5 rings (SSSR count). The molecule has 0 bridgehead atoms. The summed E-state index contributed by atoms with van der Waals surface area (Å²) in [4.78, 5) is 18.0. The molecule has 188 valence electrons. The van der Waals surface area contributed by atoms with Gasteiger partial charge in [0.25, 0.3) is 0 Å². The topological polar surface area (TPSA) is 60.9 Å². The number of carbonyl (C=O) groups is 1. The van der Waals surface area contributed by atoms with Crippen LogP contribution in [-0.2, 0) is 34.2 Å². The summed E-state index contributed by atoms with van der Waals surface area (Å²) < 4.78 is 28.2. The van der Waals surface area contributed by atoms with Crippen LogP contribution >= 0.6 is 0 Å². The van der Waals surface area contributed by atoms with Crippen molar-refractivity contribution in [2.75, 3.05) is 39.3 Å². The van der Waals surface area contributed by atoms with Crippen LogP contribution in [0.2, 0.25) is 0 Å². The zero-order chi connectivity index (χ0) is 24.4. The summed E-state index contributed by atoms with van der Waals surface area (Å²) in [5.41, 5.74) is 5.07. The smallest absolute Gasteiger partial charge is 0.243 e. The molecule has 0 atom stereocenters. The Hall–Kier alpha value is -2.22. The lowest BCUT2D eigenvalue weighted by Crippen LogP contribution is -2.51. The fraction of sp³-hybridized carbons (Fsp3) is 0.536. The van der Waals surface area contributed by atoms with E-state index in [2.05, 4.69) is 36.1 Å². The molecule has 2 aromatic rings. The van der Waals surface area contributed by atoms with E-state index < -0.39 is 10.0 Å². The van der Waals surface area contributed by atoms with Gasteiger partial charge in [-0.15, -0.1) is 0 Å². The van der Waals surface area contributed by atoms with Gasteiger partial charge in [0.1, 0.15) is 0 Å². The van der Waals surface area contributed by atoms with Gasteiger partial charge in [0, 0.05) is 51.7 Å². The van der Waals surface area contributed by atoms with Crippen molar-refractivity contribution >= 4 is 15.9 Å². The number of hydrogen-bond donors (Lipinski definition) is 0. The second-order valence-corrected chi connectivity index (χ2v) is 12.3. The van der Waals surface area contributed by atoms with Crippen molar-refractivity contribution in [1.29, 1.82) is 0 Å². The molecule has 2 heterocycles. The maximum Gasteiger partial charge on any atom is 0.243 e. The second-order valence-electron chi connectivity index (χ2n) is 10.4. The van der Waals surface area contributed by atoms with Gasteiger partial charge >= 0.3 is 0 Å². The van der Waals surface area contributed by atoms with Crippen LogP contribution in [-0.4, -0.2) is 67.7 Å². The molecule has 0 spiro atoms. The average molecular weight is 496 g/mol. The third-order valence-electron chi connectivity index (χ3n) is 7.93. The highest BCUT2D eigenvalue weighted by atomic mass is 32.2. The van der Waals surface area contributed by atoms with E-state index in [1.54, 1.807) is 10.4 Å². The molecule has 35 heavy (non-hydrogen) atoms. The molecule has 3 aliphatic rings. The standard InChI is InChI=1S/C28H37N3O3S/c1-22-5-4-6-23(19-22)21-29-15-17-30(18-16-29)28(32)25-11-13-31(14-12-25)35(33,34)27-10-9-24-7-2-3-8-26(24)20-27/h4-6,9-10,19-20,25H,2-3,7-8,11-18,21H2,1H3. The van der Waals surface area contributed by atoms with Gasteiger partial charge in [-0.25, -0.2) is 8.42 Å². The van der Waals surface area contributed by atoms with Crippen LogP contribution in [0.15, 0.2) is 47.4 Å². The minimum absolute atomic E-state index is 0.0756. The third-order valence-corrected chi connectivity index (χ3v) is 9.83. The fourth-order valence-electron chi connectivity index (χ4n) is 5.82. The maximum atomic E-state index is 13.3. The largest absolute Gasteiger partial charge is 0.340 e. The lowest BCUT2D eigenvalue weighted by Gasteiger charge is -2.38. The summed E-state index contributed by atoms with van der Waals surface area (Å²) in [5.74, 6) is 0.124. The van der Waals surface area contributed by atoms with E-state index in [4.69, 9.17) is 0 Å². The fourth-order valence-corrected chi connectivity index (χ4v) is 7.34. The molecule has 2 fully saturated rings. The van der Waals surface area contributed by atoms with Gasteiger partial charge in [-0.1, -0.05) is 35.9 Å². The molecule has 0 N–H and O–H groups in total. The first kappa shape index (κ1) is 24.5. The molecular formula is C28H37N3O3S. The van der Waals surface area contributed by atoms with Crippen molar-refractivity contribution in [1.82, 2.24) is 14.1 Å². The van der Waals surface area contributed by atoms with Crippen molar-refractivity contribution in [2.24, 2.45) is 5.92 Å². The van der Waals surface area contributed by atoms with Gasteiger partial charge in [0.2, 0.25) is 15.9 Å². The van der Waals surface area contributed by atoms with Gasteiger partial charge in [0.05, 0.1) is 4.90 Å². The number of rotatable bonds is 5. The highest BCUT2D eigenvalue weighted by Crippen LogP contribution is 2.29. The van der Waals surface area contributed by atoms with Crippen LogP contribution < -0.4 is 0 Å². The summed E-state index contributed by atoms with van der Waals surface area (Å²) in [6.45, 7) is 7.13. The molecule has 1 amide bonds. The Morgan fingerprint density at radius 2 is 1.60 bits per heavy atom.